The number of esters is 1. The molecule has 0 aliphatic heterocycles. The van der Waals surface area contributed by atoms with E-state index in [0.717, 1.165) is 51.4 Å². The second kappa shape index (κ2) is 18.7. The summed E-state index contributed by atoms with van der Waals surface area (Å²) in [6.07, 6.45) is 15.7. The molecular formula is C20H40O4. The fourth-order valence-electron chi connectivity index (χ4n) is 2.93. The Labute approximate surface area is 149 Å². The highest BCUT2D eigenvalue weighted by Crippen LogP contribution is 2.14. The van der Waals surface area contributed by atoms with Crippen LogP contribution in [-0.2, 0) is 9.53 Å². The minimum absolute atomic E-state index is 0.0750. The van der Waals surface area contributed by atoms with Gasteiger partial charge in [-0.15, -0.1) is 0 Å². The van der Waals surface area contributed by atoms with Crippen molar-refractivity contribution in [3.05, 3.63) is 0 Å². The standard InChI is InChI=1S/C20H40O4/c1-2-24-20(23)17-13-9-4-3-7-11-15-19(22)16-12-8-5-6-10-14-18-21/h19,21-22H,2-18H2,1H3. The highest BCUT2D eigenvalue weighted by molar-refractivity contribution is 5.69. The summed E-state index contributed by atoms with van der Waals surface area (Å²) >= 11 is 0. The van der Waals surface area contributed by atoms with Crippen molar-refractivity contribution in [1.29, 1.82) is 0 Å². The zero-order valence-corrected chi connectivity index (χ0v) is 15.8. The molecule has 0 fully saturated rings. The average molecular weight is 345 g/mol. The summed E-state index contributed by atoms with van der Waals surface area (Å²) in [5.41, 5.74) is 0. The third-order valence-corrected chi connectivity index (χ3v) is 4.42. The van der Waals surface area contributed by atoms with E-state index in [1.807, 2.05) is 6.92 Å². The molecule has 0 radical (unpaired) electrons. The van der Waals surface area contributed by atoms with Crippen LogP contribution in [-0.4, -0.2) is 35.5 Å². The molecule has 1 unspecified atom stereocenters. The first-order chi connectivity index (χ1) is 11.7. The quantitative estimate of drug-likeness (QED) is 0.278. The smallest absolute Gasteiger partial charge is 0.305 e. The number of unbranched alkanes of at least 4 members (excludes halogenated alkanes) is 10. The van der Waals surface area contributed by atoms with Gasteiger partial charge < -0.3 is 14.9 Å². The monoisotopic (exact) mass is 344 g/mol. The van der Waals surface area contributed by atoms with Crippen LogP contribution in [0.4, 0.5) is 0 Å². The van der Waals surface area contributed by atoms with Gasteiger partial charge in [0.25, 0.3) is 0 Å². The van der Waals surface area contributed by atoms with Crippen molar-refractivity contribution in [2.75, 3.05) is 13.2 Å². The summed E-state index contributed by atoms with van der Waals surface area (Å²) in [5, 5.41) is 18.7. The van der Waals surface area contributed by atoms with Crippen molar-refractivity contribution < 1.29 is 19.7 Å². The van der Waals surface area contributed by atoms with Crippen LogP contribution in [0.1, 0.15) is 103 Å². The molecule has 0 heterocycles. The Morgan fingerprint density at radius 2 is 1.25 bits per heavy atom. The molecule has 24 heavy (non-hydrogen) atoms. The molecule has 144 valence electrons. The first-order valence-corrected chi connectivity index (χ1v) is 10.1. The van der Waals surface area contributed by atoms with Crippen molar-refractivity contribution in [1.82, 2.24) is 0 Å². The van der Waals surface area contributed by atoms with E-state index in [9.17, 15) is 9.90 Å². The van der Waals surface area contributed by atoms with Crippen molar-refractivity contribution in [2.24, 2.45) is 0 Å². The number of aliphatic hydroxyl groups is 2. The molecule has 0 rings (SSSR count). The zero-order chi connectivity index (χ0) is 17.9. The second-order valence-corrected chi connectivity index (χ2v) is 6.75. The van der Waals surface area contributed by atoms with Gasteiger partial charge in [0.2, 0.25) is 0 Å². The van der Waals surface area contributed by atoms with Gasteiger partial charge in [-0.05, 0) is 32.6 Å². The van der Waals surface area contributed by atoms with Gasteiger partial charge in [-0.25, -0.2) is 0 Å². The van der Waals surface area contributed by atoms with Crippen molar-refractivity contribution in [3.8, 4) is 0 Å². The molecule has 0 saturated heterocycles. The molecule has 1 atom stereocenters. The molecule has 0 spiro atoms. The molecule has 0 amide bonds. The Kier molecular flexibility index (Phi) is 18.2. The maximum Gasteiger partial charge on any atom is 0.305 e. The summed E-state index contributed by atoms with van der Waals surface area (Å²) in [6.45, 7) is 2.63. The van der Waals surface area contributed by atoms with Crippen LogP contribution in [0.25, 0.3) is 0 Å². The molecule has 4 nitrogen and oxygen atoms in total. The van der Waals surface area contributed by atoms with E-state index in [1.165, 1.54) is 38.5 Å². The first kappa shape index (κ1) is 23.4. The van der Waals surface area contributed by atoms with Crippen molar-refractivity contribution >= 4 is 5.97 Å². The lowest BCUT2D eigenvalue weighted by Gasteiger charge is -2.10. The van der Waals surface area contributed by atoms with Crippen LogP contribution in [0, 0.1) is 0 Å². The van der Waals surface area contributed by atoms with E-state index in [0.29, 0.717) is 19.6 Å². The number of carbonyl (C=O) groups excluding carboxylic acids is 1. The molecule has 0 aliphatic carbocycles. The fourth-order valence-corrected chi connectivity index (χ4v) is 2.93. The highest BCUT2D eigenvalue weighted by Gasteiger charge is 2.04. The molecule has 0 aromatic heterocycles. The summed E-state index contributed by atoms with van der Waals surface area (Å²) in [5.74, 6) is -0.0750. The minimum atomic E-state index is -0.133. The fraction of sp³-hybridized carbons (Fsp3) is 0.950. The van der Waals surface area contributed by atoms with Crippen LogP contribution < -0.4 is 0 Å². The number of aliphatic hydroxyl groups excluding tert-OH is 2. The summed E-state index contributed by atoms with van der Waals surface area (Å²) in [7, 11) is 0. The van der Waals surface area contributed by atoms with Crippen LogP contribution in [0.15, 0.2) is 0 Å². The van der Waals surface area contributed by atoms with Crippen molar-refractivity contribution in [3.63, 3.8) is 0 Å². The van der Waals surface area contributed by atoms with Gasteiger partial charge >= 0.3 is 5.97 Å². The van der Waals surface area contributed by atoms with E-state index < -0.39 is 0 Å². The normalized spacial score (nSPS) is 12.3. The predicted molar refractivity (Wildman–Crippen MR) is 99.0 cm³/mol. The number of carbonyl (C=O) groups is 1. The Hall–Kier alpha value is -0.610. The van der Waals surface area contributed by atoms with Crippen LogP contribution in [0.3, 0.4) is 0 Å². The predicted octanol–water partition coefficient (Wildman–Crippen LogP) is 4.75. The lowest BCUT2D eigenvalue weighted by atomic mass is 10.0. The third kappa shape index (κ3) is 17.7. The van der Waals surface area contributed by atoms with E-state index in [-0.39, 0.29) is 12.1 Å². The van der Waals surface area contributed by atoms with E-state index >= 15 is 0 Å². The lowest BCUT2D eigenvalue weighted by molar-refractivity contribution is -0.143. The number of hydrogen-bond donors (Lipinski definition) is 2. The SMILES string of the molecule is CCOC(=O)CCCCCCCCC(O)CCCCCCCCO. The maximum absolute atomic E-state index is 11.2. The van der Waals surface area contributed by atoms with E-state index in [4.69, 9.17) is 9.84 Å². The van der Waals surface area contributed by atoms with Gasteiger partial charge in [-0.2, -0.15) is 0 Å². The minimum Gasteiger partial charge on any atom is -0.466 e. The first-order valence-electron chi connectivity index (χ1n) is 10.1. The maximum atomic E-state index is 11.2. The average Bonchev–Trinajstić information content (AvgIpc) is 2.56. The van der Waals surface area contributed by atoms with Crippen LogP contribution in [0.2, 0.25) is 0 Å². The van der Waals surface area contributed by atoms with Crippen molar-refractivity contribution in [2.45, 2.75) is 109 Å². The summed E-state index contributed by atoms with van der Waals surface area (Å²) in [4.78, 5) is 11.2. The Morgan fingerprint density at radius 3 is 1.75 bits per heavy atom. The Balaban J connectivity index is 3.20. The molecule has 4 heteroatoms. The number of ether oxygens (including phenoxy) is 1. The molecule has 0 bridgehead atoms. The number of rotatable bonds is 18. The molecule has 2 N–H and O–H groups in total. The zero-order valence-electron chi connectivity index (χ0n) is 15.8. The topological polar surface area (TPSA) is 66.8 Å². The summed E-state index contributed by atoms with van der Waals surface area (Å²) < 4.78 is 4.90. The molecular weight excluding hydrogens is 304 g/mol. The molecule has 0 aromatic carbocycles. The Morgan fingerprint density at radius 1 is 0.792 bits per heavy atom. The molecule has 0 aromatic rings. The van der Waals surface area contributed by atoms with Gasteiger partial charge in [0.05, 0.1) is 12.7 Å². The molecule has 0 aliphatic rings. The van der Waals surface area contributed by atoms with Gasteiger partial charge in [0.15, 0.2) is 0 Å². The molecule has 0 saturated carbocycles. The third-order valence-electron chi connectivity index (χ3n) is 4.42. The lowest BCUT2D eigenvalue weighted by Crippen LogP contribution is -2.06. The van der Waals surface area contributed by atoms with Crippen LogP contribution in [0.5, 0.6) is 0 Å². The number of hydrogen-bond acceptors (Lipinski definition) is 4. The second-order valence-electron chi connectivity index (χ2n) is 6.75. The van der Waals surface area contributed by atoms with Gasteiger partial charge in [0.1, 0.15) is 0 Å². The van der Waals surface area contributed by atoms with Crippen LogP contribution >= 0.6 is 0 Å². The summed E-state index contributed by atoms with van der Waals surface area (Å²) in [6, 6.07) is 0. The van der Waals surface area contributed by atoms with Gasteiger partial charge in [-0.1, -0.05) is 64.2 Å². The van der Waals surface area contributed by atoms with Gasteiger partial charge in [-0.3, -0.25) is 4.79 Å². The Bertz CT molecular complexity index is 268. The largest absolute Gasteiger partial charge is 0.466 e. The van der Waals surface area contributed by atoms with E-state index in [2.05, 4.69) is 0 Å². The van der Waals surface area contributed by atoms with Gasteiger partial charge in [0, 0.05) is 13.0 Å². The highest BCUT2D eigenvalue weighted by atomic mass is 16.5. The van der Waals surface area contributed by atoms with E-state index in [1.54, 1.807) is 0 Å².